The Bertz CT molecular complexity index is 430. The van der Waals surface area contributed by atoms with E-state index in [2.05, 4.69) is 5.21 Å². The summed E-state index contributed by atoms with van der Waals surface area (Å²) in [5.74, 6) is 0. The average Bonchev–Trinajstić information content (AvgIpc) is 2.04. The first-order valence-corrected chi connectivity index (χ1v) is 3.36. The standard InChI is InChI=1S/C7H5N3O2/c11-9-5-6-3-1-2-4-7(6)10(12)8-9/h1-5H. The summed E-state index contributed by atoms with van der Waals surface area (Å²) in [7, 11) is 0. The minimum Gasteiger partial charge on any atom is -0.590 e. The van der Waals surface area contributed by atoms with Crippen LogP contribution in [0.15, 0.2) is 30.5 Å². The molecule has 5 nitrogen and oxygen atoms in total. The number of aromatic nitrogens is 3. The van der Waals surface area contributed by atoms with Crippen LogP contribution in [0.3, 0.4) is 0 Å². The van der Waals surface area contributed by atoms with Crippen molar-refractivity contribution in [3.05, 3.63) is 40.9 Å². The van der Waals surface area contributed by atoms with Crippen LogP contribution in [0.1, 0.15) is 0 Å². The van der Waals surface area contributed by atoms with Crippen molar-refractivity contribution in [2.75, 3.05) is 0 Å². The Labute approximate surface area is 67.6 Å². The van der Waals surface area contributed by atoms with Gasteiger partial charge in [0.05, 0.1) is 0 Å². The van der Waals surface area contributed by atoms with Crippen molar-refractivity contribution in [2.24, 2.45) is 0 Å². The second kappa shape index (κ2) is 2.30. The van der Waals surface area contributed by atoms with E-state index in [-0.39, 0.29) is 4.85 Å². The van der Waals surface area contributed by atoms with Gasteiger partial charge in [0.25, 0.3) is 10.7 Å². The van der Waals surface area contributed by atoms with Gasteiger partial charge in [0, 0.05) is 15.8 Å². The van der Waals surface area contributed by atoms with Gasteiger partial charge < -0.3 is 10.4 Å². The smallest absolute Gasteiger partial charge is 0.297 e. The molecule has 5 heteroatoms. The van der Waals surface area contributed by atoms with Crippen LogP contribution >= 0.6 is 0 Å². The normalized spacial score (nSPS) is 10.3. The van der Waals surface area contributed by atoms with Crippen molar-refractivity contribution in [3.63, 3.8) is 0 Å². The highest BCUT2D eigenvalue weighted by molar-refractivity contribution is 5.73. The second-order valence-electron chi connectivity index (χ2n) is 2.35. The Morgan fingerprint density at radius 3 is 2.75 bits per heavy atom. The molecule has 0 N–H and O–H groups in total. The lowest BCUT2D eigenvalue weighted by Gasteiger charge is -1.95. The molecule has 0 bridgehead atoms. The number of nitrogens with zero attached hydrogens (tertiary/aromatic N) is 3. The predicted molar refractivity (Wildman–Crippen MR) is 39.7 cm³/mol. The Hall–Kier alpha value is -1.91. The third-order valence-corrected chi connectivity index (χ3v) is 1.56. The van der Waals surface area contributed by atoms with Gasteiger partial charge in [-0.2, -0.15) is 0 Å². The van der Waals surface area contributed by atoms with Gasteiger partial charge in [-0.25, -0.2) is 0 Å². The topological polar surface area (TPSA) is 66.8 Å². The highest BCUT2D eigenvalue weighted by atomic mass is 16.5. The molecule has 0 aliphatic carbocycles. The lowest BCUT2D eigenvalue weighted by molar-refractivity contribution is -0.832. The SMILES string of the molecule is [O-][n+]1cc2ccccc2[n+]([O-])n1. The predicted octanol–water partition coefficient (Wildman–Crippen LogP) is -0.498. The molecule has 0 fully saturated rings. The van der Waals surface area contributed by atoms with Gasteiger partial charge in [-0.15, -0.1) is 0 Å². The molecule has 0 saturated heterocycles. The molecule has 0 amide bonds. The third kappa shape index (κ3) is 0.914. The van der Waals surface area contributed by atoms with Gasteiger partial charge in [-0.1, -0.05) is 12.1 Å². The lowest BCUT2D eigenvalue weighted by atomic mass is 10.2. The Kier molecular flexibility index (Phi) is 1.30. The molecule has 1 aromatic heterocycles. The number of para-hydroxylation sites is 1. The maximum absolute atomic E-state index is 11.0. The summed E-state index contributed by atoms with van der Waals surface area (Å²) >= 11 is 0. The number of benzene rings is 1. The van der Waals surface area contributed by atoms with Crippen LogP contribution in [0, 0.1) is 10.4 Å². The summed E-state index contributed by atoms with van der Waals surface area (Å²) in [5, 5.41) is 25.4. The molecule has 0 unspecified atom stereocenters. The molecule has 1 heterocycles. The van der Waals surface area contributed by atoms with Crippen molar-refractivity contribution in [3.8, 4) is 0 Å². The molecule has 60 valence electrons. The Balaban J connectivity index is 2.89. The van der Waals surface area contributed by atoms with Crippen molar-refractivity contribution < 1.29 is 9.69 Å². The average molecular weight is 163 g/mol. The highest BCUT2D eigenvalue weighted by Crippen LogP contribution is 2.03. The molecule has 2 aromatic rings. The second-order valence-corrected chi connectivity index (χ2v) is 2.35. The molecule has 1 aromatic carbocycles. The van der Waals surface area contributed by atoms with E-state index in [1.165, 1.54) is 6.20 Å². The van der Waals surface area contributed by atoms with Crippen molar-refractivity contribution in [1.29, 1.82) is 0 Å². The zero-order valence-electron chi connectivity index (χ0n) is 6.04. The van der Waals surface area contributed by atoms with E-state index in [1.54, 1.807) is 24.3 Å². The minimum absolute atomic E-state index is 0.245. The van der Waals surface area contributed by atoms with E-state index >= 15 is 0 Å². The molecule has 2 rings (SSSR count). The number of rotatable bonds is 0. The van der Waals surface area contributed by atoms with Gasteiger partial charge >= 0.3 is 0 Å². The maximum atomic E-state index is 11.0. The summed E-state index contributed by atoms with van der Waals surface area (Å²) in [6.07, 6.45) is 1.25. The van der Waals surface area contributed by atoms with E-state index < -0.39 is 0 Å². The van der Waals surface area contributed by atoms with E-state index in [0.717, 1.165) is 0 Å². The molecular formula is C7H5N3O2. The van der Waals surface area contributed by atoms with Crippen LogP contribution in [-0.4, -0.2) is 5.21 Å². The number of hydrogen-bond acceptors (Lipinski definition) is 3. The van der Waals surface area contributed by atoms with Crippen molar-refractivity contribution >= 4 is 10.9 Å². The first-order valence-electron chi connectivity index (χ1n) is 3.36. The molecule has 0 radical (unpaired) electrons. The van der Waals surface area contributed by atoms with Gasteiger partial charge in [-0.05, 0) is 6.07 Å². The van der Waals surface area contributed by atoms with Gasteiger partial charge in [0.1, 0.15) is 5.39 Å². The van der Waals surface area contributed by atoms with Gasteiger partial charge in [0.2, 0.25) is 6.20 Å². The quantitative estimate of drug-likeness (QED) is 0.388. The Morgan fingerprint density at radius 2 is 1.92 bits per heavy atom. The van der Waals surface area contributed by atoms with Crippen molar-refractivity contribution in [2.45, 2.75) is 0 Å². The molecule has 0 saturated carbocycles. The number of hydrogen-bond donors (Lipinski definition) is 0. The summed E-state index contributed by atoms with van der Waals surface area (Å²) < 4.78 is 0. The number of fused-ring (bicyclic) bond motifs is 1. The fraction of sp³-hybridized carbons (Fsp3) is 0. The van der Waals surface area contributed by atoms with Gasteiger partial charge in [0.15, 0.2) is 0 Å². The highest BCUT2D eigenvalue weighted by Gasteiger charge is 2.08. The largest absolute Gasteiger partial charge is 0.590 e. The molecule has 0 aliphatic heterocycles. The van der Waals surface area contributed by atoms with Crippen LogP contribution in [0.2, 0.25) is 0 Å². The Morgan fingerprint density at radius 1 is 1.17 bits per heavy atom. The fourth-order valence-electron chi connectivity index (χ4n) is 1.04. The molecule has 0 spiro atoms. The maximum Gasteiger partial charge on any atom is 0.297 e. The first kappa shape index (κ1) is 6.78. The fourth-order valence-corrected chi connectivity index (χ4v) is 1.04. The summed E-state index contributed by atoms with van der Waals surface area (Å²) in [6, 6.07) is 6.75. The van der Waals surface area contributed by atoms with Gasteiger partial charge in [-0.3, -0.25) is 0 Å². The lowest BCUT2D eigenvalue weighted by Crippen LogP contribution is -2.47. The molecule has 12 heavy (non-hydrogen) atoms. The van der Waals surface area contributed by atoms with Crippen LogP contribution < -0.4 is 9.69 Å². The molecule has 0 atom stereocenters. The molecule has 0 aliphatic rings. The van der Waals surface area contributed by atoms with E-state index in [1.807, 2.05) is 0 Å². The summed E-state index contributed by atoms with van der Waals surface area (Å²) in [5.41, 5.74) is 0.393. The minimum atomic E-state index is 0.245. The zero-order chi connectivity index (χ0) is 8.55. The van der Waals surface area contributed by atoms with E-state index in [0.29, 0.717) is 15.7 Å². The van der Waals surface area contributed by atoms with Crippen molar-refractivity contribution in [1.82, 2.24) is 5.21 Å². The summed E-state index contributed by atoms with van der Waals surface area (Å²) in [6.45, 7) is 0. The van der Waals surface area contributed by atoms with Crippen LogP contribution in [0.5, 0.6) is 0 Å². The van der Waals surface area contributed by atoms with Crippen LogP contribution in [-0.2, 0) is 0 Å². The molecular weight excluding hydrogens is 158 g/mol. The monoisotopic (exact) mass is 163 g/mol. The third-order valence-electron chi connectivity index (χ3n) is 1.56. The zero-order valence-corrected chi connectivity index (χ0v) is 6.04. The van der Waals surface area contributed by atoms with Crippen LogP contribution in [0.4, 0.5) is 0 Å². The first-order chi connectivity index (χ1) is 5.77. The van der Waals surface area contributed by atoms with Crippen LogP contribution in [0.25, 0.3) is 10.9 Å². The summed E-state index contributed by atoms with van der Waals surface area (Å²) in [4.78, 5) is 0.553. The van der Waals surface area contributed by atoms with E-state index in [4.69, 9.17) is 0 Å². The van der Waals surface area contributed by atoms with E-state index in [9.17, 15) is 10.4 Å².